The van der Waals surface area contributed by atoms with Gasteiger partial charge in [0.25, 0.3) is 0 Å². The van der Waals surface area contributed by atoms with E-state index in [0.29, 0.717) is 5.54 Å². The molecule has 0 radical (unpaired) electrons. The highest BCUT2D eigenvalue weighted by atomic mass is 16.5. The van der Waals surface area contributed by atoms with E-state index >= 15 is 0 Å². The van der Waals surface area contributed by atoms with Crippen LogP contribution in [-0.2, 0) is 6.54 Å². The maximum Gasteiger partial charge on any atom is 0.122 e. The molecule has 2 fully saturated rings. The Balaban J connectivity index is 1.79. The van der Waals surface area contributed by atoms with Crippen molar-refractivity contribution in [2.75, 3.05) is 26.7 Å². The predicted octanol–water partition coefficient (Wildman–Crippen LogP) is 2.51. The van der Waals surface area contributed by atoms with Gasteiger partial charge in [0, 0.05) is 49.5 Å². The number of nitrogens with zero attached hydrogens (tertiary/aromatic N) is 2. The van der Waals surface area contributed by atoms with Crippen molar-refractivity contribution in [3.63, 3.8) is 0 Å². The zero-order valence-electron chi connectivity index (χ0n) is 13.3. The fourth-order valence-corrected chi connectivity index (χ4v) is 3.93. The van der Waals surface area contributed by atoms with Crippen LogP contribution in [0.4, 0.5) is 0 Å². The molecule has 21 heavy (non-hydrogen) atoms. The number of methoxy groups -OCH3 is 1. The highest BCUT2D eigenvalue weighted by molar-refractivity contribution is 5.26. The number of nitrogens with one attached hydrogen (secondary N) is 1. The summed E-state index contributed by atoms with van der Waals surface area (Å²) in [5.41, 5.74) is 2.53. The average Bonchev–Trinajstić information content (AvgIpc) is 2.50. The summed E-state index contributed by atoms with van der Waals surface area (Å²) in [5, 5.41) is 3.61. The van der Waals surface area contributed by atoms with Gasteiger partial charge in [0.1, 0.15) is 5.75 Å². The number of piperazine rings is 1. The van der Waals surface area contributed by atoms with Gasteiger partial charge in [0.05, 0.1) is 12.8 Å². The maximum absolute atomic E-state index is 5.39. The molecule has 0 atom stereocenters. The third-order valence-electron chi connectivity index (χ3n) is 5.04. The van der Waals surface area contributed by atoms with Gasteiger partial charge < -0.3 is 10.1 Å². The van der Waals surface area contributed by atoms with E-state index in [1.54, 1.807) is 7.11 Å². The third-order valence-corrected chi connectivity index (χ3v) is 5.04. The Labute approximate surface area is 127 Å². The van der Waals surface area contributed by atoms with E-state index in [1.165, 1.54) is 32.1 Å². The maximum atomic E-state index is 5.39. The van der Waals surface area contributed by atoms with Crippen LogP contribution in [0.2, 0.25) is 0 Å². The van der Waals surface area contributed by atoms with E-state index in [-0.39, 0.29) is 0 Å². The minimum atomic E-state index is 0.356. The molecule has 116 valence electrons. The van der Waals surface area contributed by atoms with Gasteiger partial charge in [0.2, 0.25) is 0 Å². The van der Waals surface area contributed by atoms with Crippen molar-refractivity contribution in [1.82, 2.24) is 15.2 Å². The molecule has 2 heterocycles. The fraction of sp³-hybridized carbons (Fsp3) is 0.706. The van der Waals surface area contributed by atoms with Gasteiger partial charge in [-0.3, -0.25) is 9.88 Å². The lowest BCUT2D eigenvalue weighted by atomic mass is 9.79. The van der Waals surface area contributed by atoms with Crippen LogP contribution in [0, 0.1) is 6.92 Å². The fourth-order valence-electron chi connectivity index (χ4n) is 3.93. The smallest absolute Gasteiger partial charge is 0.122 e. The van der Waals surface area contributed by atoms with Crippen LogP contribution in [0.25, 0.3) is 0 Å². The molecule has 2 aliphatic rings. The largest absolute Gasteiger partial charge is 0.497 e. The summed E-state index contributed by atoms with van der Waals surface area (Å²) >= 11 is 0. The van der Waals surface area contributed by atoms with Gasteiger partial charge in [-0.05, 0) is 19.8 Å². The molecule has 1 N–H and O–H groups in total. The molecule has 1 aliphatic carbocycles. The summed E-state index contributed by atoms with van der Waals surface area (Å²) in [5.74, 6) is 0.922. The Hall–Kier alpha value is -1.13. The van der Waals surface area contributed by atoms with Crippen LogP contribution in [-0.4, -0.2) is 42.2 Å². The number of pyridine rings is 1. The summed E-state index contributed by atoms with van der Waals surface area (Å²) in [6, 6.07) is 4.09. The molecule has 1 aliphatic heterocycles. The summed E-state index contributed by atoms with van der Waals surface area (Å²) < 4.78 is 5.39. The quantitative estimate of drug-likeness (QED) is 0.928. The molecule has 1 spiro atoms. The van der Waals surface area contributed by atoms with Crippen molar-refractivity contribution < 1.29 is 4.74 Å². The highest BCUT2D eigenvalue weighted by Gasteiger charge is 2.39. The Bertz CT molecular complexity index is 475. The Morgan fingerprint density at radius 3 is 2.86 bits per heavy atom. The first-order valence-corrected chi connectivity index (χ1v) is 8.19. The second kappa shape index (κ2) is 6.32. The van der Waals surface area contributed by atoms with Gasteiger partial charge in [-0.2, -0.15) is 0 Å². The van der Waals surface area contributed by atoms with Crippen LogP contribution in [0.5, 0.6) is 5.75 Å². The summed E-state index contributed by atoms with van der Waals surface area (Å²) in [7, 11) is 1.73. The summed E-state index contributed by atoms with van der Waals surface area (Å²) in [4.78, 5) is 7.38. The zero-order chi connectivity index (χ0) is 14.7. The first kappa shape index (κ1) is 14.8. The molecule has 4 heteroatoms. The van der Waals surface area contributed by atoms with Crippen molar-refractivity contribution in [2.24, 2.45) is 0 Å². The topological polar surface area (TPSA) is 37.4 Å². The van der Waals surface area contributed by atoms with Crippen LogP contribution >= 0.6 is 0 Å². The second-order valence-electron chi connectivity index (χ2n) is 6.52. The van der Waals surface area contributed by atoms with Gasteiger partial charge in [-0.1, -0.05) is 19.3 Å². The molecule has 0 aromatic carbocycles. The molecule has 0 unspecified atom stereocenters. The molecule has 1 aromatic rings. The lowest BCUT2D eigenvalue weighted by Gasteiger charge is -2.49. The van der Waals surface area contributed by atoms with Crippen LogP contribution in [0.1, 0.15) is 43.5 Å². The molecular formula is C17H27N3O. The summed E-state index contributed by atoms with van der Waals surface area (Å²) in [6.45, 7) is 6.33. The van der Waals surface area contributed by atoms with Gasteiger partial charge in [0.15, 0.2) is 0 Å². The second-order valence-corrected chi connectivity index (χ2v) is 6.52. The number of hydrogen-bond acceptors (Lipinski definition) is 4. The predicted molar refractivity (Wildman–Crippen MR) is 84.6 cm³/mol. The molecular weight excluding hydrogens is 262 g/mol. The van der Waals surface area contributed by atoms with Crippen LogP contribution < -0.4 is 10.1 Å². The Morgan fingerprint density at radius 1 is 1.29 bits per heavy atom. The highest BCUT2D eigenvalue weighted by Crippen LogP contribution is 2.35. The van der Waals surface area contributed by atoms with E-state index in [9.17, 15) is 0 Å². The lowest BCUT2D eigenvalue weighted by molar-refractivity contribution is 0.0199. The average molecular weight is 289 g/mol. The van der Waals surface area contributed by atoms with Crippen molar-refractivity contribution in [3.05, 3.63) is 23.5 Å². The molecule has 0 bridgehead atoms. The van der Waals surface area contributed by atoms with E-state index in [4.69, 9.17) is 9.72 Å². The van der Waals surface area contributed by atoms with E-state index in [0.717, 1.165) is 43.3 Å². The molecule has 4 nitrogen and oxygen atoms in total. The number of aromatic nitrogens is 1. The van der Waals surface area contributed by atoms with Gasteiger partial charge >= 0.3 is 0 Å². The van der Waals surface area contributed by atoms with Crippen molar-refractivity contribution in [1.29, 1.82) is 0 Å². The minimum Gasteiger partial charge on any atom is -0.497 e. The normalized spacial score (nSPS) is 22.4. The first-order valence-electron chi connectivity index (χ1n) is 8.19. The monoisotopic (exact) mass is 289 g/mol. The van der Waals surface area contributed by atoms with Gasteiger partial charge in [-0.25, -0.2) is 0 Å². The number of aryl methyl sites for hydroxylation is 1. The van der Waals surface area contributed by atoms with Crippen LogP contribution in [0.15, 0.2) is 12.1 Å². The van der Waals surface area contributed by atoms with E-state index in [1.807, 2.05) is 13.0 Å². The summed E-state index contributed by atoms with van der Waals surface area (Å²) in [6.07, 6.45) is 6.77. The third kappa shape index (κ3) is 3.22. The molecule has 1 saturated heterocycles. The zero-order valence-corrected chi connectivity index (χ0v) is 13.3. The molecule has 1 aromatic heterocycles. The van der Waals surface area contributed by atoms with Crippen LogP contribution in [0.3, 0.4) is 0 Å². The number of rotatable bonds is 3. The number of ether oxygens (including phenoxy) is 1. The molecule has 0 amide bonds. The van der Waals surface area contributed by atoms with E-state index < -0.39 is 0 Å². The van der Waals surface area contributed by atoms with Crippen molar-refractivity contribution in [3.8, 4) is 5.75 Å². The van der Waals surface area contributed by atoms with Gasteiger partial charge in [-0.15, -0.1) is 0 Å². The Kier molecular flexibility index (Phi) is 4.45. The van der Waals surface area contributed by atoms with E-state index in [2.05, 4.69) is 16.3 Å². The molecule has 3 rings (SSSR count). The minimum absolute atomic E-state index is 0.356. The molecule has 1 saturated carbocycles. The van der Waals surface area contributed by atoms with Crippen molar-refractivity contribution in [2.45, 2.75) is 51.1 Å². The SMILES string of the molecule is COc1cc(C)nc(CN2CCNCC23CCCCC3)c1. The standard InChI is InChI=1S/C17H27N3O/c1-14-10-16(21-2)11-15(19-14)12-20-9-8-18-13-17(20)6-4-3-5-7-17/h10-11,18H,3-9,12-13H2,1-2H3. The Morgan fingerprint density at radius 2 is 2.10 bits per heavy atom. The number of hydrogen-bond donors (Lipinski definition) is 1. The first-order chi connectivity index (χ1) is 10.2. The van der Waals surface area contributed by atoms with Crippen molar-refractivity contribution >= 4 is 0 Å². The lowest BCUT2D eigenvalue weighted by Crippen LogP contribution is -2.61.